The van der Waals surface area contributed by atoms with Crippen molar-refractivity contribution in [3.63, 3.8) is 0 Å². The van der Waals surface area contributed by atoms with Crippen LogP contribution >= 0.6 is 11.6 Å². The van der Waals surface area contributed by atoms with Crippen LogP contribution in [0, 0.1) is 17.0 Å². The van der Waals surface area contributed by atoms with Crippen molar-refractivity contribution in [2.75, 3.05) is 18.0 Å². The topological polar surface area (TPSA) is 72.4 Å². The molecule has 0 spiro atoms. The summed E-state index contributed by atoms with van der Waals surface area (Å²) in [6.07, 6.45) is 1.98. The van der Waals surface area contributed by atoms with E-state index in [-0.39, 0.29) is 16.7 Å². The molecule has 1 unspecified atom stereocenters. The van der Waals surface area contributed by atoms with Crippen LogP contribution in [0.4, 0.5) is 11.4 Å². The molecule has 1 aliphatic rings. The number of rotatable bonds is 3. The molecule has 1 aromatic rings. The first-order valence-electron chi connectivity index (χ1n) is 5.96. The van der Waals surface area contributed by atoms with Gasteiger partial charge in [0.2, 0.25) is 0 Å². The Morgan fingerprint density at radius 3 is 2.94 bits per heavy atom. The lowest BCUT2D eigenvalue weighted by molar-refractivity contribution is -0.384. The molecule has 0 amide bonds. The molecular formula is C12H16ClN3O2. The number of hydrogen-bond acceptors (Lipinski definition) is 4. The van der Waals surface area contributed by atoms with Gasteiger partial charge in [0.15, 0.2) is 0 Å². The molecule has 0 aromatic heterocycles. The van der Waals surface area contributed by atoms with Crippen LogP contribution in [0.2, 0.25) is 5.02 Å². The van der Waals surface area contributed by atoms with Crippen molar-refractivity contribution in [3.8, 4) is 0 Å². The van der Waals surface area contributed by atoms with E-state index in [1.165, 1.54) is 6.07 Å². The first kappa shape index (κ1) is 13.1. The van der Waals surface area contributed by atoms with Crippen molar-refractivity contribution in [2.24, 2.45) is 5.73 Å². The van der Waals surface area contributed by atoms with Crippen molar-refractivity contribution in [1.82, 2.24) is 0 Å². The summed E-state index contributed by atoms with van der Waals surface area (Å²) in [6.45, 7) is 3.11. The SMILES string of the molecule is Cc1c(Cl)ccc([N+](=O)[O-])c1N1CCCC1CN. The number of benzene rings is 1. The molecule has 2 N–H and O–H groups in total. The van der Waals surface area contributed by atoms with Crippen molar-refractivity contribution >= 4 is 23.0 Å². The number of anilines is 1. The molecule has 2 rings (SSSR count). The molecule has 0 radical (unpaired) electrons. The lowest BCUT2D eigenvalue weighted by atomic mass is 10.1. The highest BCUT2D eigenvalue weighted by atomic mass is 35.5. The van der Waals surface area contributed by atoms with Crippen molar-refractivity contribution in [1.29, 1.82) is 0 Å². The quantitative estimate of drug-likeness (QED) is 0.676. The van der Waals surface area contributed by atoms with E-state index in [9.17, 15) is 10.1 Å². The van der Waals surface area contributed by atoms with Gasteiger partial charge >= 0.3 is 0 Å². The van der Waals surface area contributed by atoms with Crippen LogP contribution in [0.25, 0.3) is 0 Å². The summed E-state index contributed by atoms with van der Waals surface area (Å²) < 4.78 is 0. The Balaban J connectivity index is 2.53. The second kappa shape index (κ2) is 5.12. The summed E-state index contributed by atoms with van der Waals surface area (Å²) in [6, 6.07) is 3.21. The summed E-state index contributed by atoms with van der Waals surface area (Å²) in [5, 5.41) is 11.7. The number of nitro benzene ring substituents is 1. The Kier molecular flexibility index (Phi) is 3.73. The van der Waals surface area contributed by atoms with Crippen LogP contribution in [0.3, 0.4) is 0 Å². The molecule has 1 atom stereocenters. The summed E-state index contributed by atoms with van der Waals surface area (Å²) in [5.41, 5.74) is 7.22. The lowest BCUT2D eigenvalue weighted by Gasteiger charge is -2.27. The Hall–Kier alpha value is -1.33. The maximum Gasteiger partial charge on any atom is 0.292 e. The zero-order valence-electron chi connectivity index (χ0n) is 10.2. The Morgan fingerprint density at radius 1 is 1.61 bits per heavy atom. The standard InChI is InChI=1S/C12H16ClN3O2/c1-8-10(13)4-5-11(16(17)18)12(8)15-6-2-3-9(15)7-14/h4-5,9H,2-3,6-7,14H2,1H3. The van der Waals surface area contributed by atoms with E-state index in [2.05, 4.69) is 0 Å². The van der Waals surface area contributed by atoms with Gasteiger partial charge in [-0.15, -0.1) is 0 Å². The average Bonchev–Trinajstić information content (AvgIpc) is 2.79. The first-order valence-corrected chi connectivity index (χ1v) is 6.34. The van der Waals surface area contributed by atoms with E-state index < -0.39 is 0 Å². The van der Waals surface area contributed by atoms with Crippen LogP contribution in [0.15, 0.2) is 12.1 Å². The molecule has 6 heteroatoms. The zero-order chi connectivity index (χ0) is 13.3. The predicted molar refractivity (Wildman–Crippen MR) is 72.3 cm³/mol. The maximum atomic E-state index is 11.1. The van der Waals surface area contributed by atoms with Gasteiger partial charge in [0, 0.05) is 30.2 Å². The largest absolute Gasteiger partial charge is 0.361 e. The van der Waals surface area contributed by atoms with E-state index >= 15 is 0 Å². The average molecular weight is 270 g/mol. The van der Waals surface area contributed by atoms with Gasteiger partial charge in [-0.2, -0.15) is 0 Å². The van der Waals surface area contributed by atoms with Gasteiger partial charge in [-0.25, -0.2) is 0 Å². The first-order chi connectivity index (χ1) is 8.56. The fourth-order valence-corrected chi connectivity index (χ4v) is 2.70. The number of nitro groups is 1. The molecule has 1 fully saturated rings. The van der Waals surface area contributed by atoms with Gasteiger partial charge < -0.3 is 10.6 Å². The highest BCUT2D eigenvalue weighted by Crippen LogP contribution is 2.39. The van der Waals surface area contributed by atoms with E-state index in [0.717, 1.165) is 24.9 Å². The maximum absolute atomic E-state index is 11.1. The van der Waals surface area contributed by atoms with Crippen molar-refractivity contribution in [2.45, 2.75) is 25.8 Å². The highest BCUT2D eigenvalue weighted by molar-refractivity contribution is 6.31. The second-order valence-corrected chi connectivity index (χ2v) is 4.93. The van der Waals surface area contributed by atoms with Crippen molar-refractivity contribution < 1.29 is 4.92 Å². The van der Waals surface area contributed by atoms with E-state index in [1.54, 1.807) is 6.07 Å². The minimum atomic E-state index is -0.357. The van der Waals surface area contributed by atoms with Crippen LogP contribution in [0.5, 0.6) is 0 Å². The molecule has 5 nitrogen and oxygen atoms in total. The lowest BCUT2D eigenvalue weighted by Crippen LogP contribution is -2.36. The summed E-state index contributed by atoms with van der Waals surface area (Å²) >= 11 is 6.08. The smallest absolute Gasteiger partial charge is 0.292 e. The molecule has 0 bridgehead atoms. The van der Waals surface area contributed by atoms with Crippen LogP contribution in [-0.4, -0.2) is 24.1 Å². The third-order valence-electron chi connectivity index (χ3n) is 3.48. The summed E-state index contributed by atoms with van der Waals surface area (Å²) in [7, 11) is 0. The summed E-state index contributed by atoms with van der Waals surface area (Å²) in [5.74, 6) is 0. The zero-order valence-corrected chi connectivity index (χ0v) is 11.0. The fraction of sp³-hybridized carbons (Fsp3) is 0.500. The highest BCUT2D eigenvalue weighted by Gasteiger charge is 2.30. The minimum Gasteiger partial charge on any atom is -0.361 e. The van der Waals surface area contributed by atoms with Gasteiger partial charge in [-0.3, -0.25) is 10.1 Å². The molecular weight excluding hydrogens is 254 g/mol. The molecule has 98 valence electrons. The Morgan fingerprint density at radius 2 is 2.33 bits per heavy atom. The molecule has 1 heterocycles. The van der Waals surface area contributed by atoms with Crippen molar-refractivity contribution in [3.05, 3.63) is 32.8 Å². The van der Waals surface area contributed by atoms with E-state index in [1.807, 2.05) is 11.8 Å². The number of nitrogens with two attached hydrogens (primary N) is 1. The van der Waals surface area contributed by atoms with E-state index in [0.29, 0.717) is 17.3 Å². The molecule has 1 saturated heterocycles. The molecule has 1 aliphatic heterocycles. The Bertz CT molecular complexity index is 479. The van der Waals surface area contributed by atoms with Gasteiger partial charge in [0.1, 0.15) is 5.69 Å². The number of hydrogen-bond donors (Lipinski definition) is 1. The second-order valence-electron chi connectivity index (χ2n) is 4.52. The fourth-order valence-electron chi connectivity index (χ4n) is 2.55. The summed E-state index contributed by atoms with van der Waals surface area (Å²) in [4.78, 5) is 12.8. The van der Waals surface area contributed by atoms with Gasteiger partial charge in [-0.05, 0) is 31.4 Å². The van der Waals surface area contributed by atoms with Crippen LogP contribution in [-0.2, 0) is 0 Å². The predicted octanol–water partition coefficient (Wildman–Crippen LogP) is 2.48. The van der Waals surface area contributed by atoms with Gasteiger partial charge in [0.25, 0.3) is 5.69 Å². The molecule has 1 aromatic carbocycles. The third kappa shape index (κ3) is 2.15. The molecule has 18 heavy (non-hydrogen) atoms. The van der Waals surface area contributed by atoms with E-state index in [4.69, 9.17) is 17.3 Å². The van der Waals surface area contributed by atoms with Gasteiger partial charge in [0.05, 0.1) is 4.92 Å². The molecule has 0 aliphatic carbocycles. The molecule has 0 saturated carbocycles. The number of halogens is 1. The number of nitrogens with zero attached hydrogens (tertiary/aromatic N) is 2. The van der Waals surface area contributed by atoms with Gasteiger partial charge in [-0.1, -0.05) is 11.6 Å². The van der Waals surface area contributed by atoms with Crippen LogP contribution < -0.4 is 10.6 Å². The third-order valence-corrected chi connectivity index (χ3v) is 3.89. The van der Waals surface area contributed by atoms with Crippen LogP contribution in [0.1, 0.15) is 18.4 Å². The Labute approximate surface area is 111 Å². The monoisotopic (exact) mass is 269 g/mol. The normalized spacial score (nSPS) is 19.3. The minimum absolute atomic E-state index is 0.109.